The summed E-state index contributed by atoms with van der Waals surface area (Å²) in [6.45, 7) is 1.36. The number of halogens is 2. The Bertz CT molecular complexity index is 402. The molecular formula is C14H21F2O5S-. The molecule has 0 saturated heterocycles. The minimum atomic E-state index is -3.32. The van der Waals surface area contributed by atoms with Crippen molar-refractivity contribution in [1.82, 2.24) is 0 Å². The summed E-state index contributed by atoms with van der Waals surface area (Å²) in [7, 11) is 0. The minimum absolute atomic E-state index is 0.0879. The van der Waals surface area contributed by atoms with Gasteiger partial charge in [0.1, 0.15) is 18.6 Å². The van der Waals surface area contributed by atoms with E-state index in [1.54, 1.807) is 0 Å². The summed E-state index contributed by atoms with van der Waals surface area (Å²) in [5, 5.41) is 19.8. The molecule has 5 nitrogen and oxygen atoms in total. The zero-order valence-electron chi connectivity index (χ0n) is 12.4. The van der Waals surface area contributed by atoms with Crippen molar-refractivity contribution in [3.63, 3.8) is 0 Å². The predicted octanol–water partition coefficient (Wildman–Crippen LogP) is 2.04. The molecule has 4 bridgehead atoms. The van der Waals surface area contributed by atoms with Gasteiger partial charge in [-0.15, -0.1) is 0 Å². The van der Waals surface area contributed by atoms with Crippen LogP contribution in [0.4, 0.5) is 8.78 Å². The lowest BCUT2D eigenvalue weighted by molar-refractivity contribution is -0.777. The smallest absolute Gasteiger partial charge is 0.343 e. The normalized spacial score (nSPS) is 43.8. The summed E-state index contributed by atoms with van der Waals surface area (Å²) in [5.41, 5.74) is -0.713. The quantitative estimate of drug-likeness (QED) is 0.435. The molecule has 22 heavy (non-hydrogen) atoms. The van der Waals surface area contributed by atoms with Gasteiger partial charge in [-0.05, 0) is 62.2 Å². The van der Waals surface area contributed by atoms with Crippen LogP contribution in [-0.4, -0.2) is 29.2 Å². The third-order valence-electron chi connectivity index (χ3n) is 5.83. The second kappa shape index (κ2) is 5.82. The van der Waals surface area contributed by atoms with E-state index in [2.05, 4.69) is 9.37 Å². The van der Waals surface area contributed by atoms with Crippen molar-refractivity contribution in [2.45, 2.75) is 49.9 Å². The number of alkyl halides is 2. The highest BCUT2D eigenvalue weighted by atomic mass is 32.2. The molecule has 4 saturated carbocycles. The van der Waals surface area contributed by atoms with Crippen LogP contribution < -0.4 is 5.26 Å². The van der Waals surface area contributed by atoms with Gasteiger partial charge in [0.2, 0.25) is 0 Å². The highest BCUT2D eigenvalue weighted by Gasteiger charge is 2.59. The van der Waals surface area contributed by atoms with Crippen molar-refractivity contribution in [3.05, 3.63) is 0 Å². The molecule has 4 aliphatic carbocycles. The first-order valence-corrected chi connectivity index (χ1v) is 8.33. The van der Waals surface area contributed by atoms with Crippen LogP contribution in [0.2, 0.25) is 0 Å². The van der Waals surface area contributed by atoms with E-state index >= 15 is 0 Å². The van der Waals surface area contributed by atoms with Gasteiger partial charge >= 0.3 is 5.25 Å². The maximum atomic E-state index is 13.3. The number of rotatable bonds is 7. The van der Waals surface area contributed by atoms with Gasteiger partial charge in [0, 0.05) is 0 Å². The van der Waals surface area contributed by atoms with Crippen molar-refractivity contribution in [2.24, 2.45) is 23.2 Å². The van der Waals surface area contributed by atoms with Crippen LogP contribution in [0.3, 0.4) is 0 Å². The lowest BCUT2D eigenvalue weighted by Gasteiger charge is -2.62. The topological polar surface area (TPSA) is 71.0 Å². The van der Waals surface area contributed by atoms with Gasteiger partial charge in [-0.3, -0.25) is 5.04 Å². The highest BCUT2D eigenvalue weighted by molar-refractivity contribution is 7.95. The van der Waals surface area contributed by atoms with E-state index in [0.717, 1.165) is 32.1 Å². The van der Waals surface area contributed by atoms with E-state index in [4.69, 9.17) is 4.74 Å². The Hall–Kier alpha value is 0.01000. The van der Waals surface area contributed by atoms with Crippen molar-refractivity contribution in [1.29, 1.82) is 0 Å². The van der Waals surface area contributed by atoms with E-state index in [1.165, 1.54) is 0 Å². The van der Waals surface area contributed by atoms with Crippen molar-refractivity contribution >= 4 is 12.0 Å². The number of ether oxygens (including phenoxy) is 1. The predicted molar refractivity (Wildman–Crippen MR) is 72.1 cm³/mol. The molecule has 128 valence electrons. The summed E-state index contributed by atoms with van der Waals surface area (Å²) in [4.78, 5) is 0. The first-order valence-electron chi connectivity index (χ1n) is 7.59. The van der Waals surface area contributed by atoms with Gasteiger partial charge in [-0.2, -0.15) is 13.1 Å². The summed E-state index contributed by atoms with van der Waals surface area (Å²) in [5.74, 6) is 1.07. The Morgan fingerprint density at radius 3 is 2.50 bits per heavy atom. The largest absolute Gasteiger partial charge is 0.691 e. The van der Waals surface area contributed by atoms with Gasteiger partial charge in [0.05, 0.1) is 12.2 Å². The van der Waals surface area contributed by atoms with Crippen LogP contribution in [0.15, 0.2) is 0 Å². The number of hydrogen-bond acceptors (Lipinski definition) is 6. The van der Waals surface area contributed by atoms with Gasteiger partial charge in [-0.1, -0.05) is 0 Å². The molecule has 8 heteroatoms. The fraction of sp³-hybridized carbons (Fsp3) is 1.00. The fourth-order valence-corrected chi connectivity index (χ4v) is 5.28. The van der Waals surface area contributed by atoms with E-state index in [0.29, 0.717) is 5.92 Å². The van der Waals surface area contributed by atoms with Crippen LogP contribution in [0.5, 0.6) is 0 Å². The molecule has 0 aliphatic heterocycles. The lowest BCUT2D eigenvalue weighted by atomic mass is 9.45. The van der Waals surface area contributed by atoms with Crippen molar-refractivity contribution in [2.75, 3.05) is 13.2 Å². The highest BCUT2D eigenvalue weighted by Crippen LogP contribution is 2.63. The molecule has 0 aromatic carbocycles. The average molecular weight is 339 g/mol. The van der Waals surface area contributed by atoms with Gasteiger partial charge in [-0.25, -0.2) is 0 Å². The SMILES string of the molecule is CC1(O)C2CC3CC1CC(COCC(F)(F)SOO[O-])(C3)C2. The molecule has 0 amide bonds. The average Bonchev–Trinajstić information content (AvgIpc) is 2.42. The molecule has 4 rings (SSSR count). The van der Waals surface area contributed by atoms with E-state index in [9.17, 15) is 19.1 Å². The van der Waals surface area contributed by atoms with Crippen LogP contribution >= 0.6 is 12.0 Å². The molecule has 0 aromatic heterocycles. The molecule has 0 heterocycles. The molecule has 4 fully saturated rings. The van der Waals surface area contributed by atoms with Crippen LogP contribution in [0.1, 0.15) is 39.0 Å². The molecule has 0 spiro atoms. The molecule has 2 atom stereocenters. The third kappa shape index (κ3) is 3.14. The van der Waals surface area contributed by atoms with E-state index in [-0.39, 0.29) is 35.9 Å². The Kier molecular flexibility index (Phi) is 4.46. The third-order valence-corrected chi connectivity index (χ3v) is 6.32. The molecule has 2 unspecified atom stereocenters. The van der Waals surface area contributed by atoms with Crippen LogP contribution in [-0.2, 0) is 14.1 Å². The zero-order valence-corrected chi connectivity index (χ0v) is 13.2. The summed E-state index contributed by atoms with van der Waals surface area (Å²) in [6, 6.07) is 0. The Balaban J connectivity index is 1.55. The van der Waals surface area contributed by atoms with E-state index < -0.39 is 17.5 Å². The maximum Gasteiger partial charge on any atom is 0.343 e. The molecule has 0 aromatic rings. The first kappa shape index (κ1) is 16.9. The standard InChI is InChI=1S/C14H22F2O5S/c1-12(17)10-2-9-3-11(12)6-13(4-9,5-10)7-19-8-14(15,16)22-21-20-18/h9-11,17-18H,2-8H2,1H3/p-1. The van der Waals surface area contributed by atoms with Gasteiger partial charge < -0.3 is 15.1 Å². The second-order valence-electron chi connectivity index (χ2n) is 7.42. The lowest BCUT2D eigenvalue weighted by Crippen LogP contribution is -2.60. The zero-order chi connectivity index (χ0) is 16.0. The minimum Gasteiger partial charge on any atom is -0.691 e. The fourth-order valence-electron chi connectivity index (χ4n) is 5.02. The molecule has 1 N–H and O–H groups in total. The number of aliphatic hydroxyl groups is 1. The Labute approximate surface area is 132 Å². The Morgan fingerprint density at radius 1 is 1.27 bits per heavy atom. The second-order valence-corrected chi connectivity index (χ2v) is 8.32. The maximum absolute atomic E-state index is 13.3. The van der Waals surface area contributed by atoms with Gasteiger partial charge in [0.25, 0.3) is 0 Å². The van der Waals surface area contributed by atoms with E-state index in [1.807, 2.05) is 6.92 Å². The van der Waals surface area contributed by atoms with Crippen molar-refractivity contribution < 1.29 is 33.3 Å². The Morgan fingerprint density at radius 2 is 1.91 bits per heavy atom. The van der Waals surface area contributed by atoms with Crippen LogP contribution in [0.25, 0.3) is 0 Å². The summed E-state index contributed by atoms with van der Waals surface area (Å²) >= 11 is -0.338. The monoisotopic (exact) mass is 339 g/mol. The van der Waals surface area contributed by atoms with Gasteiger partial charge in [0.15, 0.2) is 0 Å². The molecule has 0 radical (unpaired) electrons. The van der Waals surface area contributed by atoms with Crippen LogP contribution in [0, 0.1) is 23.2 Å². The molecule has 4 aliphatic rings. The van der Waals surface area contributed by atoms with Crippen molar-refractivity contribution in [3.8, 4) is 0 Å². The summed E-state index contributed by atoms with van der Waals surface area (Å²) < 4.78 is 35.6. The number of hydrogen-bond donors (Lipinski definition) is 1. The molecular weight excluding hydrogens is 318 g/mol. The first-order chi connectivity index (χ1) is 10.3. The summed E-state index contributed by atoms with van der Waals surface area (Å²) in [6.07, 6.45) is 4.74.